The van der Waals surface area contributed by atoms with Gasteiger partial charge in [0.25, 0.3) is 0 Å². The van der Waals surface area contributed by atoms with E-state index in [0.29, 0.717) is 12.3 Å². The van der Waals surface area contributed by atoms with Crippen LogP contribution in [-0.2, 0) is 15.1 Å². The van der Waals surface area contributed by atoms with E-state index in [2.05, 4.69) is 31.0 Å². The first-order valence-electron chi connectivity index (χ1n) is 8.08. The van der Waals surface area contributed by atoms with Crippen LogP contribution in [0, 0.1) is 5.92 Å². The van der Waals surface area contributed by atoms with Crippen molar-refractivity contribution in [2.75, 3.05) is 20.1 Å². The molecule has 0 bridgehead atoms. The molecule has 0 N–H and O–H groups in total. The predicted molar refractivity (Wildman–Crippen MR) is 85.0 cm³/mol. The Morgan fingerprint density at radius 2 is 2.05 bits per heavy atom. The van der Waals surface area contributed by atoms with E-state index < -0.39 is 5.60 Å². The van der Waals surface area contributed by atoms with E-state index in [-0.39, 0.29) is 5.97 Å². The molecule has 21 heavy (non-hydrogen) atoms. The molecule has 0 aromatic heterocycles. The monoisotopic (exact) mass is 289 g/mol. The number of nitrogens with zero attached hydrogens (tertiary/aromatic N) is 1. The summed E-state index contributed by atoms with van der Waals surface area (Å²) in [5, 5.41) is 0. The first-order chi connectivity index (χ1) is 10.1. The van der Waals surface area contributed by atoms with Crippen LogP contribution in [-0.4, -0.2) is 31.0 Å². The zero-order valence-electron chi connectivity index (χ0n) is 13.5. The number of likely N-dealkylation sites (tertiary alicyclic amines) is 1. The van der Waals surface area contributed by atoms with Crippen LogP contribution in [0.5, 0.6) is 0 Å². The normalized spacial score (nSPS) is 22.0. The summed E-state index contributed by atoms with van der Waals surface area (Å²) in [4.78, 5) is 14.4. The molecular formula is C18H27NO2. The highest BCUT2D eigenvalue weighted by atomic mass is 16.6. The van der Waals surface area contributed by atoms with Crippen molar-refractivity contribution in [1.29, 1.82) is 0 Å². The molecule has 1 aromatic carbocycles. The lowest BCUT2D eigenvalue weighted by molar-refractivity contribution is -0.169. The minimum absolute atomic E-state index is 0.0955. The number of hydrogen-bond acceptors (Lipinski definition) is 3. The van der Waals surface area contributed by atoms with Crippen molar-refractivity contribution in [3.05, 3.63) is 35.9 Å². The zero-order chi connectivity index (χ0) is 15.3. The summed E-state index contributed by atoms with van der Waals surface area (Å²) in [6.45, 7) is 6.10. The molecule has 116 valence electrons. The van der Waals surface area contributed by atoms with E-state index in [0.717, 1.165) is 37.9 Å². The Kier molecular flexibility index (Phi) is 5.40. The molecule has 1 fully saturated rings. The number of benzene rings is 1. The van der Waals surface area contributed by atoms with Gasteiger partial charge < -0.3 is 9.64 Å². The van der Waals surface area contributed by atoms with Crippen molar-refractivity contribution in [3.8, 4) is 0 Å². The molecule has 0 radical (unpaired) electrons. The van der Waals surface area contributed by atoms with E-state index in [1.54, 1.807) is 0 Å². The van der Waals surface area contributed by atoms with Gasteiger partial charge in [0.05, 0.1) is 0 Å². The third-order valence-corrected chi connectivity index (χ3v) is 4.52. The minimum atomic E-state index is -0.464. The number of hydrogen-bond donors (Lipinski definition) is 0. The molecule has 0 aliphatic carbocycles. The highest BCUT2D eigenvalue weighted by Crippen LogP contribution is 2.42. The van der Waals surface area contributed by atoms with Crippen LogP contribution in [0.2, 0.25) is 0 Å². The van der Waals surface area contributed by atoms with Gasteiger partial charge in [-0.1, -0.05) is 50.6 Å². The van der Waals surface area contributed by atoms with Gasteiger partial charge in [-0.2, -0.15) is 0 Å². The predicted octanol–water partition coefficient (Wildman–Crippen LogP) is 3.59. The molecule has 1 aromatic rings. The van der Waals surface area contributed by atoms with Crippen LogP contribution in [0.4, 0.5) is 0 Å². The first-order valence-corrected chi connectivity index (χ1v) is 8.08. The van der Waals surface area contributed by atoms with Gasteiger partial charge in [0.15, 0.2) is 0 Å². The Hall–Kier alpha value is -1.35. The van der Waals surface area contributed by atoms with Crippen molar-refractivity contribution in [2.24, 2.45) is 5.92 Å². The molecule has 1 aliphatic heterocycles. The van der Waals surface area contributed by atoms with Crippen LogP contribution in [0.1, 0.15) is 45.1 Å². The Morgan fingerprint density at radius 1 is 1.33 bits per heavy atom. The van der Waals surface area contributed by atoms with Gasteiger partial charge in [-0.3, -0.25) is 4.79 Å². The largest absolute Gasteiger partial charge is 0.454 e. The molecule has 0 saturated carbocycles. The molecule has 3 nitrogen and oxygen atoms in total. The van der Waals surface area contributed by atoms with Crippen LogP contribution in [0.25, 0.3) is 0 Å². The molecule has 1 saturated heterocycles. The quantitative estimate of drug-likeness (QED) is 0.750. The molecule has 0 unspecified atom stereocenters. The van der Waals surface area contributed by atoms with E-state index in [9.17, 15) is 4.79 Å². The summed E-state index contributed by atoms with van der Waals surface area (Å²) >= 11 is 0. The number of ether oxygens (including phenoxy) is 1. The van der Waals surface area contributed by atoms with Gasteiger partial charge in [-0.15, -0.1) is 0 Å². The standard InChI is InChI=1S/C18H27NO2/c1-4-12-18(21-17(20)5-2,15-9-7-6-8-10-15)16-11-13-19(3)14-16/h6-10,16H,4-5,11-14H2,1-3H3/t16-,18-/m1/s1. The maximum atomic E-state index is 12.1. The fourth-order valence-electron chi connectivity index (χ4n) is 3.46. The zero-order valence-corrected chi connectivity index (χ0v) is 13.5. The van der Waals surface area contributed by atoms with Gasteiger partial charge in [0.1, 0.15) is 5.60 Å². The second-order valence-electron chi connectivity index (χ2n) is 6.08. The summed E-state index contributed by atoms with van der Waals surface area (Å²) in [6.07, 6.45) is 3.41. The lowest BCUT2D eigenvalue weighted by Gasteiger charge is -2.39. The molecule has 2 atom stereocenters. The highest BCUT2D eigenvalue weighted by Gasteiger charge is 2.45. The van der Waals surface area contributed by atoms with Crippen LogP contribution >= 0.6 is 0 Å². The molecular weight excluding hydrogens is 262 g/mol. The number of carbonyl (C=O) groups is 1. The topological polar surface area (TPSA) is 29.5 Å². The van der Waals surface area contributed by atoms with Crippen molar-refractivity contribution < 1.29 is 9.53 Å². The van der Waals surface area contributed by atoms with Gasteiger partial charge in [0, 0.05) is 18.9 Å². The molecule has 1 aliphatic rings. The van der Waals surface area contributed by atoms with E-state index >= 15 is 0 Å². The number of rotatable bonds is 6. The van der Waals surface area contributed by atoms with E-state index in [1.165, 1.54) is 0 Å². The molecule has 3 heteroatoms. The Bertz CT molecular complexity index is 460. The van der Waals surface area contributed by atoms with Gasteiger partial charge >= 0.3 is 5.97 Å². The summed E-state index contributed by atoms with van der Waals surface area (Å²) in [7, 11) is 2.14. The van der Waals surface area contributed by atoms with Crippen LogP contribution in [0.15, 0.2) is 30.3 Å². The maximum Gasteiger partial charge on any atom is 0.306 e. The SMILES string of the molecule is CCC[C@@](OC(=O)CC)(c1ccccc1)[C@@H]1CCN(C)C1. The van der Waals surface area contributed by atoms with Gasteiger partial charge in [-0.25, -0.2) is 0 Å². The Labute approximate surface area is 128 Å². The fraction of sp³-hybridized carbons (Fsp3) is 0.611. The average Bonchev–Trinajstić information content (AvgIpc) is 2.94. The summed E-state index contributed by atoms with van der Waals surface area (Å²) in [6, 6.07) is 10.3. The van der Waals surface area contributed by atoms with Gasteiger partial charge in [-0.05, 0) is 32.0 Å². The number of carbonyl (C=O) groups excluding carboxylic acids is 1. The minimum Gasteiger partial charge on any atom is -0.454 e. The molecule has 2 rings (SSSR count). The first kappa shape index (κ1) is 16.0. The van der Waals surface area contributed by atoms with Crippen molar-refractivity contribution >= 4 is 5.97 Å². The summed E-state index contributed by atoms with van der Waals surface area (Å²) in [5.41, 5.74) is 0.683. The fourth-order valence-corrected chi connectivity index (χ4v) is 3.46. The number of esters is 1. The Morgan fingerprint density at radius 3 is 2.57 bits per heavy atom. The second-order valence-corrected chi connectivity index (χ2v) is 6.08. The van der Waals surface area contributed by atoms with Crippen molar-refractivity contribution in [3.63, 3.8) is 0 Å². The van der Waals surface area contributed by atoms with Crippen molar-refractivity contribution in [2.45, 2.75) is 45.1 Å². The van der Waals surface area contributed by atoms with Crippen LogP contribution < -0.4 is 0 Å². The molecule has 1 heterocycles. The summed E-state index contributed by atoms with van der Waals surface area (Å²) < 4.78 is 6.08. The third-order valence-electron chi connectivity index (χ3n) is 4.52. The van der Waals surface area contributed by atoms with Crippen LogP contribution in [0.3, 0.4) is 0 Å². The van der Waals surface area contributed by atoms with Crippen molar-refractivity contribution in [1.82, 2.24) is 4.90 Å². The van der Waals surface area contributed by atoms with Gasteiger partial charge in [0.2, 0.25) is 0 Å². The lowest BCUT2D eigenvalue weighted by Crippen LogP contribution is -2.41. The second kappa shape index (κ2) is 7.08. The van der Waals surface area contributed by atoms with E-state index in [1.807, 2.05) is 25.1 Å². The maximum absolute atomic E-state index is 12.1. The van der Waals surface area contributed by atoms with E-state index in [4.69, 9.17) is 4.74 Å². The smallest absolute Gasteiger partial charge is 0.306 e. The Balaban J connectivity index is 2.40. The third kappa shape index (κ3) is 3.46. The average molecular weight is 289 g/mol. The highest BCUT2D eigenvalue weighted by molar-refractivity contribution is 5.69. The summed E-state index contributed by atoms with van der Waals surface area (Å²) in [5.74, 6) is 0.280. The lowest BCUT2D eigenvalue weighted by atomic mass is 9.77. The molecule has 0 spiro atoms. The molecule has 0 amide bonds.